The Labute approximate surface area is 139 Å². The summed E-state index contributed by atoms with van der Waals surface area (Å²) in [5, 5.41) is 6.58. The molecule has 0 aliphatic rings. The van der Waals surface area contributed by atoms with E-state index >= 15 is 0 Å². The molecule has 22 heavy (non-hydrogen) atoms. The first-order valence-corrected chi connectivity index (χ1v) is 8.54. The minimum absolute atomic E-state index is 0.00953. The number of rotatable bonds is 13. The third-order valence-corrected chi connectivity index (χ3v) is 3.54. The summed E-state index contributed by atoms with van der Waals surface area (Å²) >= 11 is 0. The molecule has 5 heteroatoms. The first-order chi connectivity index (χ1) is 10.0. The van der Waals surface area contributed by atoms with E-state index in [1.54, 1.807) is 0 Å². The van der Waals surface area contributed by atoms with Crippen LogP contribution in [0, 0.1) is 0 Å². The number of hydrogen-bond donors (Lipinski definition) is 2. The lowest BCUT2D eigenvalue weighted by molar-refractivity contribution is -0.0732. The van der Waals surface area contributed by atoms with E-state index in [-0.39, 0.29) is 17.1 Å². The molecule has 2 radical (unpaired) electrons. The first kappa shape index (κ1) is 21.9. The molecule has 0 amide bonds. The zero-order chi connectivity index (χ0) is 17.2. The molecule has 1 unspecified atom stereocenters. The van der Waals surface area contributed by atoms with Crippen LogP contribution >= 0.6 is 0 Å². The first-order valence-electron chi connectivity index (χ1n) is 8.54. The van der Waals surface area contributed by atoms with E-state index in [0.29, 0.717) is 19.3 Å². The van der Waals surface area contributed by atoms with Gasteiger partial charge in [-0.15, -0.1) is 0 Å². The molecule has 0 spiro atoms. The summed E-state index contributed by atoms with van der Waals surface area (Å²) in [7, 11) is 5.64. The van der Waals surface area contributed by atoms with Gasteiger partial charge in [-0.05, 0) is 53.0 Å². The monoisotopic (exact) mass is 312 g/mol. The average Bonchev–Trinajstić information content (AvgIpc) is 2.33. The van der Waals surface area contributed by atoms with Crippen molar-refractivity contribution in [1.82, 2.24) is 10.6 Å². The van der Waals surface area contributed by atoms with Gasteiger partial charge in [-0.1, -0.05) is 20.8 Å². The van der Waals surface area contributed by atoms with Gasteiger partial charge >= 0.3 is 0 Å². The highest BCUT2D eigenvalue weighted by Gasteiger charge is 2.22. The molecule has 0 saturated heterocycles. The molecule has 0 aliphatic carbocycles. The quantitative estimate of drug-likeness (QED) is 0.405. The topological polar surface area (TPSA) is 42.5 Å². The fourth-order valence-electron chi connectivity index (χ4n) is 1.99. The Balaban J connectivity index is 3.85. The van der Waals surface area contributed by atoms with Crippen LogP contribution < -0.4 is 10.6 Å². The second-order valence-electron chi connectivity index (χ2n) is 7.57. The van der Waals surface area contributed by atoms with E-state index in [2.05, 4.69) is 52.2 Å². The largest absolute Gasteiger partial charge is 0.375 e. The summed E-state index contributed by atoms with van der Waals surface area (Å²) in [6.45, 7) is 17.9. The molecule has 0 aromatic heterocycles. The van der Waals surface area contributed by atoms with Crippen LogP contribution in [0.1, 0.15) is 61.3 Å². The van der Waals surface area contributed by atoms with Gasteiger partial charge in [0.05, 0.1) is 32.3 Å². The minimum Gasteiger partial charge on any atom is -0.375 e. The fraction of sp³-hybridized carbons (Fsp3) is 1.00. The Hall–Kier alpha value is -0.0951. The maximum atomic E-state index is 6.04. The van der Waals surface area contributed by atoms with Crippen molar-refractivity contribution in [2.75, 3.05) is 26.3 Å². The number of nitrogens with one attached hydrogen (secondary N) is 2. The standard InChI is InChI=1S/C17H37BN2O2/c1-14(2)19-10-8-16(4,5)21-12-9-17(6,7)22-13-11-20-15(3)18/h14-15,19-20H,8-13H2,1-7H3. The van der Waals surface area contributed by atoms with Gasteiger partial charge in [0.25, 0.3) is 0 Å². The lowest BCUT2D eigenvalue weighted by Gasteiger charge is -2.30. The molecule has 4 nitrogen and oxygen atoms in total. The predicted molar refractivity (Wildman–Crippen MR) is 95.7 cm³/mol. The van der Waals surface area contributed by atoms with Crippen LogP contribution in [0.5, 0.6) is 0 Å². The Bertz CT molecular complexity index is 282. The Morgan fingerprint density at radius 3 is 1.91 bits per heavy atom. The average molecular weight is 312 g/mol. The highest BCUT2D eigenvalue weighted by molar-refractivity contribution is 6.11. The Morgan fingerprint density at radius 1 is 0.818 bits per heavy atom. The predicted octanol–water partition coefficient (Wildman–Crippen LogP) is 2.46. The van der Waals surface area contributed by atoms with Gasteiger partial charge in [0, 0.05) is 12.6 Å². The van der Waals surface area contributed by atoms with Crippen LogP contribution in [0.15, 0.2) is 0 Å². The molecule has 0 aromatic rings. The van der Waals surface area contributed by atoms with Gasteiger partial charge in [-0.25, -0.2) is 0 Å². The maximum absolute atomic E-state index is 6.04. The molecule has 0 aliphatic heterocycles. The summed E-state index contributed by atoms with van der Waals surface area (Å²) in [6, 6.07) is 0.521. The van der Waals surface area contributed by atoms with Crippen molar-refractivity contribution in [3.05, 3.63) is 0 Å². The van der Waals surface area contributed by atoms with Gasteiger partial charge in [-0.2, -0.15) is 0 Å². The smallest absolute Gasteiger partial charge is 0.0902 e. The van der Waals surface area contributed by atoms with Gasteiger partial charge in [0.1, 0.15) is 0 Å². The zero-order valence-electron chi connectivity index (χ0n) is 15.8. The number of hydrogen-bond acceptors (Lipinski definition) is 4. The summed E-state index contributed by atoms with van der Waals surface area (Å²) in [6.07, 6.45) is 1.89. The van der Waals surface area contributed by atoms with Crippen molar-refractivity contribution in [3.63, 3.8) is 0 Å². The van der Waals surface area contributed by atoms with Crippen LogP contribution in [-0.4, -0.2) is 57.3 Å². The maximum Gasteiger partial charge on any atom is 0.0902 e. The molecule has 0 fully saturated rings. The van der Waals surface area contributed by atoms with Crippen LogP contribution in [-0.2, 0) is 9.47 Å². The fourth-order valence-corrected chi connectivity index (χ4v) is 1.99. The zero-order valence-corrected chi connectivity index (χ0v) is 15.8. The number of ether oxygens (including phenoxy) is 2. The van der Waals surface area contributed by atoms with Crippen molar-refractivity contribution in [2.45, 2.75) is 84.5 Å². The lowest BCUT2D eigenvalue weighted by atomic mass is 9.99. The second kappa shape index (κ2) is 10.6. The third-order valence-electron chi connectivity index (χ3n) is 3.54. The minimum atomic E-state index is -0.175. The van der Waals surface area contributed by atoms with E-state index in [1.165, 1.54) is 0 Å². The van der Waals surface area contributed by atoms with Crippen LogP contribution in [0.2, 0.25) is 0 Å². The van der Waals surface area contributed by atoms with E-state index in [9.17, 15) is 0 Å². The van der Waals surface area contributed by atoms with Gasteiger partial charge in [0.2, 0.25) is 0 Å². The molecule has 0 saturated carbocycles. The second-order valence-corrected chi connectivity index (χ2v) is 7.57. The van der Waals surface area contributed by atoms with Gasteiger partial charge < -0.3 is 20.1 Å². The summed E-state index contributed by atoms with van der Waals surface area (Å²) in [5.41, 5.74) is -0.277. The highest BCUT2D eigenvalue weighted by atomic mass is 16.5. The van der Waals surface area contributed by atoms with E-state index < -0.39 is 0 Å². The SMILES string of the molecule is [B]C(C)NCCOC(C)(C)CCOC(C)(C)CCNC(C)C. The van der Waals surface area contributed by atoms with E-state index in [0.717, 1.165) is 25.9 Å². The molecule has 0 aromatic carbocycles. The van der Waals surface area contributed by atoms with Crippen LogP contribution in [0.25, 0.3) is 0 Å². The lowest BCUT2D eigenvalue weighted by Crippen LogP contribution is -2.36. The van der Waals surface area contributed by atoms with Gasteiger partial charge in [-0.3, -0.25) is 0 Å². The van der Waals surface area contributed by atoms with E-state index in [1.807, 2.05) is 6.92 Å². The molecule has 0 rings (SSSR count). The van der Waals surface area contributed by atoms with Crippen molar-refractivity contribution < 1.29 is 9.47 Å². The van der Waals surface area contributed by atoms with Crippen molar-refractivity contribution in [3.8, 4) is 0 Å². The van der Waals surface area contributed by atoms with Crippen molar-refractivity contribution in [2.24, 2.45) is 0 Å². The Morgan fingerprint density at radius 2 is 1.36 bits per heavy atom. The van der Waals surface area contributed by atoms with Gasteiger partial charge in [0.15, 0.2) is 0 Å². The molecule has 0 heterocycles. The molecule has 1 atom stereocenters. The summed E-state index contributed by atoms with van der Waals surface area (Å²) < 4.78 is 11.9. The van der Waals surface area contributed by atoms with Crippen LogP contribution in [0.3, 0.4) is 0 Å². The van der Waals surface area contributed by atoms with Crippen LogP contribution in [0.4, 0.5) is 0 Å². The van der Waals surface area contributed by atoms with Crippen molar-refractivity contribution in [1.29, 1.82) is 0 Å². The molecule has 130 valence electrons. The summed E-state index contributed by atoms with van der Waals surface area (Å²) in [5.74, 6) is 0.00953. The third kappa shape index (κ3) is 13.6. The molecule has 0 bridgehead atoms. The van der Waals surface area contributed by atoms with E-state index in [4.69, 9.17) is 17.3 Å². The highest BCUT2D eigenvalue weighted by Crippen LogP contribution is 2.19. The Kier molecular flexibility index (Phi) is 10.6. The molecular formula is C17H37BN2O2. The molecular weight excluding hydrogens is 275 g/mol. The normalized spacial score (nSPS) is 14.5. The molecule has 2 N–H and O–H groups in total. The summed E-state index contributed by atoms with van der Waals surface area (Å²) in [4.78, 5) is 0. The van der Waals surface area contributed by atoms with Crippen molar-refractivity contribution >= 4 is 7.85 Å².